The summed E-state index contributed by atoms with van der Waals surface area (Å²) < 4.78 is 0. The van der Waals surface area contributed by atoms with Gasteiger partial charge in [0.1, 0.15) is 0 Å². The largest absolute Gasteiger partial charge is 0.350 e. The van der Waals surface area contributed by atoms with Crippen molar-refractivity contribution < 1.29 is 4.79 Å². The van der Waals surface area contributed by atoms with Crippen molar-refractivity contribution in [2.24, 2.45) is 5.73 Å². The van der Waals surface area contributed by atoms with E-state index in [4.69, 9.17) is 5.73 Å². The van der Waals surface area contributed by atoms with Crippen LogP contribution in [-0.2, 0) is 0 Å². The molecule has 6 heteroatoms. The molecule has 0 unspecified atom stereocenters. The van der Waals surface area contributed by atoms with E-state index in [-0.39, 0.29) is 0 Å². The number of nitrogens with zero attached hydrogens (tertiary/aromatic N) is 2. The van der Waals surface area contributed by atoms with E-state index < -0.39 is 6.03 Å². The van der Waals surface area contributed by atoms with Crippen molar-refractivity contribution in [1.82, 2.24) is 5.43 Å². The molecule has 0 atom stereocenters. The van der Waals surface area contributed by atoms with Crippen molar-refractivity contribution in [2.75, 3.05) is 23.0 Å². The molecule has 3 aromatic carbocycles. The fourth-order valence-electron chi connectivity index (χ4n) is 3.17. The topological polar surface area (TPSA) is 61.6 Å². The van der Waals surface area contributed by atoms with Crippen LogP contribution < -0.4 is 21.1 Å². The Morgan fingerprint density at radius 2 is 1.44 bits per heavy atom. The Morgan fingerprint density at radius 3 is 2.04 bits per heavy atom. The molecule has 27 heavy (non-hydrogen) atoms. The summed E-state index contributed by atoms with van der Waals surface area (Å²) in [7, 11) is 0. The number of anilines is 3. The quantitative estimate of drug-likeness (QED) is 0.649. The monoisotopic (exact) mass is 376 g/mol. The maximum absolute atomic E-state index is 11.8. The molecule has 0 aliphatic carbocycles. The molecule has 3 N–H and O–H groups in total. The highest BCUT2D eigenvalue weighted by Gasteiger charge is 2.22. The number of nitrogens with two attached hydrogens (primary N) is 1. The van der Waals surface area contributed by atoms with Gasteiger partial charge in [-0.15, -0.1) is 0 Å². The number of amides is 2. The Hall–Kier alpha value is -2.96. The number of primary amides is 1. The van der Waals surface area contributed by atoms with Gasteiger partial charge in [-0.25, -0.2) is 15.2 Å². The Balaban J connectivity index is 1.54. The molecule has 2 amide bonds. The van der Waals surface area contributed by atoms with E-state index >= 15 is 0 Å². The molecule has 0 bridgehead atoms. The lowest BCUT2D eigenvalue weighted by Gasteiger charge is -2.33. The summed E-state index contributed by atoms with van der Waals surface area (Å²) in [6.45, 7) is 1.26. The number of hydrazine groups is 1. The predicted molar refractivity (Wildman–Crippen MR) is 111 cm³/mol. The van der Waals surface area contributed by atoms with Crippen molar-refractivity contribution in [3.05, 3.63) is 78.9 Å². The van der Waals surface area contributed by atoms with Crippen LogP contribution in [0.3, 0.4) is 0 Å². The SMILES string of the molecule is NC(=O)N(NCCN1c2ccccc2Sc2ccccc21)c1ccccc1. The lowest BCUT2D eigenvalue weighted by Crippen LogP contribution is -2.48. The minimum Gasteiger partial charge on any atom is -0.350 e. The molecule has 5 nitrogen and oxygen atoms in total. The number of carbonyl (C=O) groups excluding carboxylic acids is 1. The van der Waals surface area contributed by atoms with Crippen molar-refractivity contribution in [2.45, 2.75) is 9.79 Å². The van der Waals surface area contributed by atoms with Crippen LogP contribution in [0, 0.1) is 0 Å². The van der Waals surface area contributed by atoms with Gasteiger partial charge in [0, 0.05) is 22.9 Å². The normalized spacial score (nSPS) is 12.2. The molecule has 1 aliphatic heterocycles. The van der Waals surface area contributed by atoms with Crippen LogP contribution in [-0.4, -0.2) is 19.1 Å². The fraction of sp³-hybridized carbons (Fsp3) is 0.0952. The van der Waals surface area contributed by atoms with E-state index in [9.17, 15) is 4.79 Å². The lowest BCUT2D eigenvalue weighted by molar-refractivity contribution is 0.251. The predicted octanol–water partition coefficient (Wildman–Crippen LogP) is 4.38. The number of urea groups is 1. The number of hydrogen-bond acceptors (Lipinski definition) is 4. The van der Waals surface area contributed by atoms with E-state index in [2.05, 4.69) is 46.7 Å². The van der Waals surface area contributed by atoms with Gasteiger partial charge in [-0.1, -0.05) is 54.2 Å². The maximum atomic E-state index is 11.8. The minimum absolute atomic E-state index is 0.531. The molecule has 0 aromatic heterocycles. The second-order valence-corrected chi connectivity index (χ2v) is 7.19. The highest BCUT2D eigenvalue weighted by molar-refractivity contribution is 7.99. The zero-order valence-electron chi connectivity index (χ0n) is 14.7. The molecule has 0 radical (unpaired) electrons. The van der Waals surface area contributed by atoms with Gasteiger partial charge < -0.3 is 10.6 Å². The van der Waals surface area contributed by atoms with E-state index in [0.717, 1.165) is 5.69 Å². The van der Waals surface area contributed by atoms with Crippen molar-refractivity contribution in [3.8, 4) is 0 Å². The van der Waals surface area contributed by atoms with Crippen LogP contribution in [0.25, 0.3) is 0 Å². The van der Waals surface area contributed by atoms with E-state index in [1.807, 2.05) is 42.5 Å². The summed E-state index contributed by atoms with van der Waals surface area (Å²) >= 11 is 1.78. The highest BCUT2D eigenvalue weighted by Crippen LogP contribution is 2.47. The first-order valence-electron chi connectivity index (χ1n) is 8.75. The number of benzene rings is 3. The summed E-state index contributed by atoms with van der Waals surface area (Å²) in [6.07, 6.45) is 0. The summed E-state index contributed by atoms with van der Waals surface area (Å²) in [5, 5.41) is 1.39. The molecule has 0 spiro atoms. The number of hydrogen-bond donors (Lipinski definition) is 2. The third-order valence-electron chi connectivity index (χ3n) is 4.37. The van der Waals surface area contributed by atoms with E-state index in [1.165, 1.54) is 26.2 Å². The second kappa shape index (κ2) is 7.73. The molecule has 136 valence electrons. The Kier molecular flexibility index (Phi) is 5.00. The minimum atomic E-state index is -0.531. The zero-order valence-corrected chi connectivity index (χ0v) is 15.5. The number of carbonyl (C=O) groups is 1. The molecule has 1 heterocycles. The van der Waals surface area contributed by atoms with Crippen LogP contribution in [0.5, 0.6) is 0 Å². The smallest absolute Gasteiger partial charge is 0.333 e. The Labute approximate surface area is 162 Å². The summed E-state index contributed by atoms with van der Waals surface area (Å²) in [6, 6.07) is 25.6. The first kappa shape index (κ1) is 17.5. The van der Waals surface area contributed by atoms with Gasteiger partial charge in [0.15, 0.2) is 0 Å². The zero-order chi connectivity index (χ0) is 18.6. The van der Waals surface area contributed by atoms with E-state index in [0.29, 0.717) is 13.1 Å². The molecule has 4 rings (SSSR count). The van der Waals surface area contributed by atoms with Gasteiger partial charge in [0.05, 0.1) is 17.1 Å². The molecule has 0 fully saturated rings. The standard InChI is InChI=1S/C21H20N4OS/c22-21(26)25(16-8-2-1-3-9-16)23-14-15-24-17-10-4-6-12-19(17)27-20-13-7-5-11-18(20)24/h1-13,23H,14-15H2,(H2,22,26). The van der Waals surface area contributed by atoms with Crippen LogP contribution >= 0.6 is 11.8 Å². The van der Waals surface area contributed by atoms with Crippen molar-refractivity contribution >= 4 is 34.9 Å². The number of fused-ring (bicyclic) bond motifs is 2. The first-order chi connectivity index (χ1) is 13.2. The van der Waals surface area contributed by atoms with Gasteiger partial charge in [0.25, 0.3) is 0 Å². The van der Waals surface area contributed by atoms with Gasteiger partial charge in [0.2, 0.25) is 0 Å². The molecule has 3 aromatic rings. The summed E-state index contributed by atoms with van der Waals surface area (Å²) in [4.78, 5) is 16.6. The summed E-state index contributed by atoms with van der Waals surface area (Å²) in [5.74, 6) is 0. The van der Waals surface area contributed by atoms with Crippen molar-refractivity contribution in [3.63, 3.8) is 0 Å². The lowest BCUT2D eigenvalue weighted by atomic mass is 10.2. The van der Waals surface area contributed by atoms with Gasteiger partial charge in [-0.05, 0) is 36.4 Å². The molecular formula is C21H20N4OS. The van der Waals surface area contributed by atoms with Crippen LogP contribution in [0.2, 0.25) is 0 Å². The molecule has 0 saturated carbocycles. The Morgan fingerprint density at radius 1 is 0.889 bits per heavy atom. The second-order valence-electron chi connectivity index (χ2n) is 6.11. The van der Waals surface area contributed by atoms with Crippen LogP contribution in [0.4, 0.5) is 21.9 Å². The van der Waals surface area contributed by atoms with Crippen molar-refractivity contribution in [1.29, 1.82) is 0 Å². The maximum Gasteiger partial charge on any atom is 0.333 e. The number of rotatable bonds is 5. The third-order valence-corrected chi connectivity index (χ3v) is 5.50. The van der Waals surface area contributed by atoms with E-state index in [1.54, 1.807) is 11.8 Å². The molecule has 0 saturated heterocycles. The summed E-state index contributed by atoms with van der Waals surface area (Å²) in [5.41, 5.74) is 11.8. The Bertz CT molecular complexity index is 902. The average Bonchev–Trinajstić information content (AvgIpc) is 2.70. The van der Waals surface area contributed by atoms with Crippen LogP contribution in [0.1, 0.15) is 0 Å². The highest BCUT2D eigenvalue weighted by atomic mass is 32.2. The number of para-hydroxylation sites is 3. The van der Waals surface area contributed by atoms with Crippen LogP contribution in [0.15, 0.2) is 88.7 Å². The third kappa shape index (κ3) is 3.63. The average molecular weight is 376 g/mol. The van der Waals surface area contributed by atoms with Gasteiger partial charge in [-0.3, -0.25) is 0 Å². The molecular weight excluding hydrogens is 356 g/mol. The number of nitrogens with one attached hydrogen (secondary N) is 1. The van der Waals surface area contributed by atoms with Gasteiger partial charge >= 0.3 is 6.03 Å². The van der Waals surface area contributed by atoms with Gasteiger partial charge in [-0.2, -0.15) is 0 Å². The molecule has 1 aliphatic rings. The fourth-order valence-corrected chi connectivity index (χ4v) is 4.26. The first-order valence-corrected chi connectivity index (χ1v) is 9.57.